The Hall–Kier alpha value is -1.81. The molecule has 2 rings (SSSR count). The molecule has 0 amide bonds. The number of carbonyl (C=O) groups excluding carboxylic acids is 1. The first-order valence-corrected chi connectivity index (χ1v) is 5.27. The lowest BCUT2D eigenvalue weighted by Gasteiger charge is -2.05. The van der Waals surface area contributed by atoms with Crippen molar-refractivity contribution in [2.75, 3.05) is 0 Å². The fourth-order valence-corrected chi connectivity index (χ4v) is 1.67. The molecular weight excluding hydrogens is 244 g/mol. The standard InChI is InChI=1S/C12H9ClO4/c1-6-3-8-4-9(13)11(16-7(2)14)5-10(8)17-12(6)15/h3-5H,1-2H3. The minimum absolute atomic E-state index is 0.179. The number of rotatable bonds is 1. The molecule has 0 radical (unpaired) electrons. The summed E-state index contributed by atoms with van der Waals surface area (Å²) in [6.45, 7) is 2.92. The van der Waals surface area contributed by atoms with E-state index in [0.717, 1.165) is 0 Å². The number of fused-ring (bicyclic) bond motifs is 1. The Morgan fingerprint density at radius 1 is 1.35 bits per heavy atom. The monoisotopic (exact) mass is 252 g/mol. The lowest BCUT2D eigenvalue weighted by atomic mass is 10.2. The topological polar surface area (TPSA) is 56.5 Å². The summed E-state index contributed by atoms with van der Waals surface area (Å²) in [6, 6.07) is 4.69. The maximum atomic E-state index is 11.3. The van der Waals surface area contributed by atoms with Gasteiger partial charge in [0.25, 0.3) is 0 Å². The lowest BCUT2D eigenvalue weighted by molar-refractivity contribution is -0.131. The summed E-state index contributed by atoms with van der Waals surface area (Å²) in [6.07, 6.45) is 0. The van der Waals surface area contributed by atoms with E-state index in [2.05, 4.69) is 0 Å². The highest BCUT2D eigenvalue weighted by Crippen LogP contribution is 2.29. The third-order valence-corrected chi connectivity index (χ3v) is 2.51. The van der Waals surface area contributed by atoms with E-state index >= 15 is 0 Å². The Bertz CT molecular complexity index is 657. The highest BCUT2D eigenvalue weighted by Gasteiger charge is 2.09. The summed E-state index contributed by atoms with van der Waals surface area (Å²) >= 11 is 5.94. The first-order valence-electron chi connectivity index (χ1n) is 4.90. The number of hydrogen-bond donors (Lipinski definition) is 0. The Labute approximate surface area is 102 Å². The van der Waals surface area contributed by atoms with Crippen LogP contribution in [0.5, 0.6) is 5.75 Å². The number of carbonyl (C=O) groups is 1. The predicted molar refractivity (Wildman–Crippen MR) is 63.5 cm³/mol. The molecule has 0 saturated heterocycles. The fourth-order valence-electron chi connectivity index (χ4n) is 1.46. The van der Waals surface area contributed by atoms with Gasteiger partial charge in [-0.1, -0.05) is 11.6 Å². The number of ether oxygens (including phenoxy) is 1. The molecule has 2 aromatic rings. The van der Waals surface area contributed by atoms with Crippen LogP contribution in [-0.2, 0) is 4.79 Å². The van der Waals surface area contributed by atoms with Crippen molar-refractivity contribution in [3.63, 3.8) is 0 Å². The summed E-state index contributed by atoms with van der Waals surface area (Å²) in [5, 5.41) is 0.976. The van der Waals surface area contributed by atoms with E-state index in [-0.39, 0.29) is 5.75 Å². The van der Waals surface area contributed by atoms with Crippen molar-refractivity contribution >= 4 is 28.5 Å². The molecule has 0 spiro atoms. The average Bonchev–Trinajstić information content (AvgIpc) is 2.22. The van der Waals surface area contributed by atoms with Gasteiger partial charge < -0.3 is 9.15 Å². The maximum absolute atomic E-state index is 11.3. The van der Waals surface area contributed by atoms with Crippen LogP contribution in [0.4, 0.5) is 0 Å². The van der Waals surface area contributed by atoms with Crippen LogP contribution >= 0.6 is 11.6 Å². The Balaban J connectivity index is 2.67. The molecule has 0 saturated carbocycles. The molecule has 0 unspecified atom stereocenters. The van der Waals surface area contributed by atoms with Gasteiger partial charge in [0.2, 0.25) is 0 Å². The number of hydrogen-bond acceptors (Lipinski definition) is 4. The minimum Gasteiger partial charge on any atom is -0.425 e. The second-order valence-corrected chi connectivity index (χ2v) is 4.04. The molecule has 1 aromatic carbocycles. The summed E-state index contributed by atoms with van der Waals surface area (Å²) in [5.74, 6) is -0.306. The summed E-state index contributed by atoms with van der Waals surface area (Å²) < 4.78 is 9.95. The first-order chi connectivity index (χ1) is 7.97. The third-order valence-electron chi connectivity index (χ3n) is 2.21. The third kappa shape index (κ3) is 2.31. The molecule has 0 bridgehead atoms. The normalized spacial score (nSPS) is 10.5. The Morgan fingerprint density at radius 2 is 2.06 bits per heavy atom. The van der Waals surface area contributed by atoms with E-state index in [1.165, 1.54) is 13.0 Å². The van der Waals surface area contributed by atoms with Gasteiger partial charge in [0.1, 0.15) is 5.58 Å². The SMILES string of the molecule is CC(=O)Oc1cc2oc(=O)c(C)cc2cc1Cl. The molecule has 0 aliphatic heterocycles. The predicted octanol–water partition coefficient (Wildman–Crippen LogP) is 2.68. The van der Waals surface area contributed by atoms with E-state index in [4.69, 9.17) is 20.8 Å². The van der Waals surface area contributed by atoms with Gasteiger partial charge in [0.05, 0.1) is 5.02 Å². The van der Waals surface area contributed by atoms with Crippen molar-refractivity contribution < 1.29 is 13.9 Å². The number of benzene rings is 1. The second-order valence-electron chi connectivity index (χ2n) is 3.63. The zero-order valence-electron chi connectivity index (χ0n) is 9.24. The maximum Gasteiger partial charge on any atom is 0.339 e. The molecular formula is C12H9ClO4. The van der Waals surface area contributed by atoms with Crippen molar-refractivity contribution in [2.45, 2.75) is 13.8 Å². The first kappa shape index (κ1) is 11.7. The smallest absolute Gasteiger partial charge is 0.339 e. The molecule has 17 heavy (non-hydrogen) atoms. The van der Waals surface area contributed by atoms with Crippen molar-refractivity contribution in [1.82, 2.24) is 0 Å². The highest BCUT2D eigenvalue weighted by molar-refractivity contribution is 6.32. The number of halogens is 1. The number of esters is 1. The van der Waals surface area contributed by atoms with Crippen LogP contribution in [0.3, 0.4) is 0 Å². The molecule has 1 aromatic heterocycles. The summed E-state index contributed by atoms with van der Waals surface area (Å²) in [5.41, 5.74) is 0.406. The van der Waals surface area contributed by atoms with Crippen LogP contribution in [0.15, 0.2) is 27.4 Å². The van der Waals surface area contributed by atoms with Gasteiger partial charge in [0, 0.05) is 23.9 Å². The van der Waals surface area contributed by atoms with E-state index < -0.39 is 11.6 Å². The van der Waals surface area contributed by atoms with Gasteiger partial charge in [-0.05, 0) is 19.1 Å². The van der Waals surface area contributed by atoms with Crippen molar-refractivity contribution in [1.29, 1.82) is 0 Å². The molecule has 1 heterocycles. The van der Waals surface area contributed by atoms with Crippen molar-refractivity contribution in [3.05, 3.63) is 39.2 Å². The molecule has 0 aliphatic rings. The van der Waals surface area contributed by atoms with Gasteiger partial charge in [-0.25, -0.2) is 4.79 Å². The largest absolute Gasteiger partial charge is 0.425 e. The molecule has 0 N–H and O–H groups in total. The second kappa shape index (κ2) is 4.22. The van der Waals surface area contributed by atoms with Crippen LogP contribution in [0.2, 0.25) is 5.02 Å². The van der Waals surface area contributed by atoms with Gasteiger partial charge in [0.15, 0.2) is 5.75 Å². The molecule has 0 atom stereocenters. The number of aryl methyl sites for hydroxylation is 1. The van der Waals surface area contributed by atoms with Crippen LogP contribution in [0, 0.1) is 6.92 Å². The average molecular weight is 253 g/mol. The molecule has 4 nitrogen and oxygen atoms in total. The zero-order valence-corrected chi connectivity index (χ0v) is 10.00. The van der Waals surface area contributed by atoms with Crippen LogP contribution in [0.1, 0.15) is 12.5 Å². The lowest BCUT2D eigenvalue weighted by Crippen LogP contribution is -2.04. The van der Waals surface area contributed by atoms with Gasteiger partial charge in [-0.15, -0.1) is 0 Å². The van der Waals surface area contributed by atoms with Crippen molar-refractivity contribution in [3.8, 4) is 5.75 Å². The molecule has 5 heteroatoms. The van der Waals surface area contributed by atoms with Crippen molar-refractivity contribution in [2.24, 2.45) is 0 Å². The molecule has 0 fully saturated rings. The van der Waals surface area contributed by atoms with Crippen LogP contribution in [0.25, 0.3) is 11.0 Å². The zero-order chi connectivity index (χ0) is 12.6. The highest BCUT2D eigenvalue weighted by atomic mass is 35.5. The Morgan fingerprint density at radius 3 is 2.71 bits per heavy atom. The summed E-state index contributed by atoms with van der Waals surface area (Å²) in [4.78, 5) is 22.2. The quantitative estimate of drug-likeness (QED) is 0.445. The van der Waals surface area contributed by atoms with Crippen LogP contribution < -0.4 is 10.4 Å². The van der Waals surface area contributed by atoms with E-state index in [9.17, 15) is 9.59 Å². The van der Waals surface area contributed by atoms with E-state index in [1.807, 2.05) is 0 Å². The van der Waals surface area contributed by atoms with E-state index in [0.29, 0.717) is 21.6 Å². The molecule has 88 valence electrons. The van der Waals surface area contributed by atoms with Gasteiger partial charge in [-0.2, -0.15) is 0 Å². The fraction of sp³-hybridized carbons (Fsp3) is 0.167. The molecule has 0 aliphatic carbocycles. The summed E-state index contributed by atoms with van der Waals surface area (Å²) in [7, 11) is 0. The van der Waals surface area contributed by atoms with E-state index in [1.54, 1.807) is 19.1 Å². The Kier molecular flexibility index (Phi) is 2.90. The minimum atomic E-state index is -0.485. The van der Waals surface area contributed by atoms with Gasteiger partial charge >= 0.3 is 11.6 Å². The van der Waals surface area contributed by atoms with Crippen LogP contribution in [-0.4, -0.2) is 5.97 Å². The van der Waals surface area contributed by atoms with Gasteiger partial charge in [-0.3, -0.25) is 4.79 Å².